The van der Waals surface area contributed by atoms with Crippen molar-refractivity contribution in [3.05, 3.63) is 74.6 Å². The summed E-state index contributed by atoms with van der Waals surface area (Å²) in [5.41, 5.74) is 1.83. The van der Waals surface area contributed by atoms with E-state index in [1.165, 1.54) is 17.7 Å². The predicted molar refractivity (Wildman–Crippen MR) is 166 cm³/mol. The molecule has 4 aromatic rings. The second-order valence-electron chi connectivity index (χ2n) is 11.6. The van der Waals surface area contributed by atoms with Gasteiger partial charge in [0.2, 0.25) is 0 Å². The minimum absolute atomic E-state index is 0.122. The number of aryl methyl sites for hydroxylation is 2. The molecule has 0 spiro atoms. The minimum Gasteiger partial charge on any atom is -0.490 e. The van der Waals surface area contributed by atoms with Gasteiger partial charge in [-0.1, -0.05) is 13.8 Å². The van der Waals surface area contributed by atoms with Crippen molar-refractivity contribution in [2.24, 2.45) is 7.05 Å². The van der Waals surface area contributed by atoms with Crippen LogP contribution in [-0.4, -0.2) is 32.8 Å². The van der Waals surface area contributed by atoms with E-state index in [-0.39, 0.29) is 23.4 Å². The van der Waals surface area contributed by atoms with Gasteiger partial charge in [-0.2, -0.15) is 0 Å². The first kappa shape index (κ1) is 32.7. The van der Waals surface area contributed by atoms with Crippen LogP contribution in [-0.2, 0) is 29.6 Å². The molecular weight excluding hydrogens is 567 g/mol. The van der Waals surface area contributed by atoms with Crippen LogP contribution in [0.3, 0.4) is 0 Å². The third-order valence-corrected chi connectivity index (χ3v) is 7.44. The van der Waals surface area contributed by atoms with Crippen LogP contribution in [0.4, 0.5) is 4.39 Å². The maximum absolute atomic E-state index is 15.5. The number of rotatable bonds is 7. The smallest absolute Gasteiger partial charge is 0.339 e. The van der Waals surface area contributed by atoms with Crippen LogP contribution in [0.15, 0.2) is 33.5 Å². The number of oxazole rings is 1. The van der Waals surface area contributed by atoms with Gasteiger partial charge in [-0.3, -0.25) is 4.79 Å². The SMILES string of the molecule is CC.Cc1nc(COc2ccc3c(-c4cc(F)c5c(c4C)CCCO5)c([C@H](OC(C)(C)C)C(=O)O)n(C)c(=O)c3c2)c(C)o1. The van der Waals surface area contributed by atoms with E-state index in [2.05, 4.69) is 4.98 Å². The lowest BCUT2D eigenvalue weighted by Crippen LogP contribution is -2.33. The first-order valence-corrected chi connectivity index (χ1v) is 14.8. The number of hydrogen-bond acceptors (Lipinski definition) is 7. The Morgan fingerprint density at radius 1 is 1.16 bits per heavy atom. The number of carboxylic acids is 1. The lowest BCUT2D eigenvalue weighted by atomic mass is 9.87. The van der Waals surface area contributed by atoms with Gasteiger partial charge in [-0.25, -0.2) is 14.2 Å². The first-order chi connectivity index (χ1) is 20.8. The molecule has 0 bridgehead atoms. The Labute approximate surface area is 256 Å². The maximum Gasteiger partial charge on any atom is 0.339 e. The number of aliphatic carboxylic acids is 1. The van der Waals surface area contributed by atoms with Crippen molar-refractivity contribution in [2.75, 3.05) is 6.61 Å². The van der Waals surface area contributed by atoms with Crippen LogP contribution in [0.2, 0.25) is 0 Å². The molecule has 0 radical (unpaired) electrons. The van der Waals surface area contributed by atoms with Crippen LogP contribution >= 0.6 is 0 Å². The number of benzene rings is 2. The number of ether oxygens (including phenoxy) is 3. The zero-order valence-corrected chi connectivity index (χ0v) is 26.9. The van der Waals surface area contributed by atoms with Gasteiger partial charge in [0.15, 0.2) is 23.6 Å². The van der Waals surface area contributed by atoms with Crippen molar-refractivity contribution in [2.45, 2.75) is 86.5 Å². The molecular formula is C34H41FN2O7. The fourth-order valence-electron chi connectivity index (χ4n) is 5.55. The molecule has 236 valence electrons. The quantitative estimate of drug-likeness (QED) is 0.236. The lowest BCUT2D eigenvalue weighted by Gasteiger charge is -2.29. The molecule has 9 nitrogen and oxygen atoms in total. The van der Waals surface area contributed by atoms with Gasteiger partial charge < -0.3 is 28.3 Å². The predicted octanol–water partition coefficient (Wildman–Crippen LogP) is 7.13. The van der Waals surface area contributed by atoms with Crippen LogP contribution < -0.4 is 15.0 Å². The summed E-state index contributed by atoms with van der Waals surface area (Å²) in [7, 11) is 1.50. The van der Waals surface area contributed by atoms with E-state index in [0.29, 0.717) is 52.6 Å². The van der Waals surface area contributed by atoms with Crippen LogP contribution in [0.25, 0.3) is 21.9 Å². The number of carbonyl (C=O) groups is 1. The summed E-state index contributed by atoms with van der Waals surface area (Å²) in [6, 6.07) is 6.37. The highest BCUT2D eigenvalue weighted by Gasteiger charge is 2.34. The lowest BCUT2D eigenvalue weighted by molar-refractivity contribution is -0.161. The molecule has 44 heavy (non-hydrogen) atoms. The monoisotopic (exact) mass is 608 g/mol. The summed E-state index contributed by atoms with van der Waals surface area (Å²) in [6.45, 7) is 15.2. The highest BCUT2D eigenvalue weighted by molar-refractivity contribution is 6.00. The number of hydrogen-bond donors (Lipinski definition) is 1. The zero-order valence-electron chi connectivity index (χ0n) is 26.9. The van der Waals surface area contributed by atoms with E-state index in [1.807, 2.05) is 20.8 Å². The first-order valence-electron chi connectivity index (χ1n) is 14.8. The van der Waals surface area contributed by atoms with Gasteiger partial charge in [0.1, 0.15) is 23.8 Å². The summed E-state index contributed by atoms with van der Waals surface area (Å²) < 4.78 is 39.9. The van der Waals surface area contributed by atoms with Crippen molar-refractivity contribution in [1.29, 1.82) is 0 Å². The Bertz CT molecular complexity index is 1760. The molecule has 10 heteroatoms. The number of aromatic nitrogens is 2. The summed E-state index contributed by atoms with van der Waals surface area (Å²) in [6.07, 6.45) is -0.163. The van der Waals surface area contributed by atoms with Gasteiger partial charge in [0.25, 0.3) is 5.56 Å². The molecule has 0 fully saturated rings. The molecule has 3 heterocycles. The standard InChI is InChI=1S/C32H35FN2O7.C2H6/c1-16-20-9-8-12-39-28(20)24(33)14-22(16)26-21-11-10-19(40-15-25-17(2)41-18(3)34-25)13-23(21)30(36)35(7)27(26)29(31(37)38)42-32(4,5)6;1-2/h10-11,13-14,29H,8-9,12,15H2,1-7H3,(H,37,38);1-2H3/t29-;/m0./s1. The van der Waals surface area contributed by atoms with Gasteiger partial charge in [0.05, 0.1) is 23.3 Å². The summed E-state index contributed by atoms with van der Waals surface area (Å²) in [5, 5.41) is 11.1. The average Bonchev–Trinajstić information content (AvgIpc) is 3.31. The molecule has 0 saturated heterocycles. The van der Waals surface area contributed by atoms with Crippen molar-refractivity contribution >= 4 is 16.7 Å². The molecule has 0 aliphatic carbocycles. The second-order valence-corrected chi connectivity index (χ2v) is 11.6. The van der Waals surface area contributed by atoms with E-state index < -0.39 is 29.1 Å². The van der Waals surface area contributed by atoms with E-state index >= 15 is 4.39 Å². The normalized spacial score (nSPS) is 13.5. The van der Waals surface area contributed by atoms with Crippen LogP contribution in [0.1, 0.15) is 81.3 Å². The van der Waals surface area contributed by atoms with Gasteiger partial charge in [0, 0.05) is 25.1 Å². The fourth-order valence-corrected chi connectivity index (χ4v) is 5.55. The van der Waals surface area contributed by atoms with Crippen LogP contribution in [0, 0.1) is 26.6 Å². The Morgan fingerprint density at radius 3 is 2.48 bits per heavy atom. The molecule has 2 aromatic carbocycles. The fraction of sp³-hybridized carbons (Fsp3) is 0.441. The highest BCUT2D eigenvalue weighted by Crippen LogP contribution is 2.43. The molecule has 0 unspecified atom stereocenters. The molecule has 1 atom stereocenters. The number of halogens is 1. The third-order valence-electron chi connectivity index (χ3n) is 7.44. The number of carboxylic acid groups (broad SMARTS) is 1. The molecule has 1 aliphatic rings. The number of fused-ring (bicyclic) bond motifs is 2. The minimum atomic E-state index is -1.51. The largest absolute Gasteiger partial charge is 0.490 e. The van der Waals surface area contributed by atoms with E-state index in [4.69, 9.17) is 18.6 Å². The van der Waals surface area contributed by atoms with Gasteiger partial charge >= 0.3 is 5.97 Å². The van der Waals surface area contributed by atoms with E-state index in [9.17, 15) is 14.7 Å². The maximum atomic E-state index is 15.5. The molecule has 2 aromatic heterocycles. The Hall–Kier alpha value is -4.18. The third kappa shape index (κ3) is 6.36. The zero-order chi connectivity index (χ0) is 32.5. The summed E-state index contributed by atoms with van der Waals surface area (Å²) in [4.78, 5) is 30.8. The average molecular weight is 609 g/mol. The molecule has 0 amide bonds. The number of nitrogens with zero attached hydrogens (tertiary/aromatic N) is 2. The Kier molecular flexibility index (Phi) is 9.53. The molecule has 1 N–H and O–H groups in total. The Morgan fingerprint density at radius 2 is 1.86 bits per heavy atom. The van der Waals surface area contributed by atoms with Crippen molar-refractivity contribution in [1.82, 2.24) is 9.55 Å². The number of pyridine rings is 1. The van der Waals surface area contributed by atoms with Gasteiger partial charge in [-0.05, 0) is 88.2 Å². The summed E-state index contributed by atoms with van der Waals surface area (Å²) in [5.74, 6) is -0.00480. The van der Waals surface area contributed by atoms with Crippen molar-refractivity contribution in [3.63, 3.8) is 0 Å². The topological polar surface area (TPSA) is 113 Å². The summed E-state index contributed by atoms with van der Waals surface area (Å²) >= 11 is 0. The highest BCUT2D eigenvalue weighted by atomic mass is 19.1. The van der Waals surface area contributed by atoms with Crippen molar-refractivity contribution < 1.29 is 32.9 Å². The van der Waals surface area contributed by atoms with E-state index in [0.717, 1.165) is 17.5 Å². The van der Waals surface area contributed by atoms with Gasteiger partial charge in [-0.15, -0.1) is 0 Å². The Balaban J connectivity index is 0.00000216. The van der Waals surface area contributed by atoms with Crippen LogP contribution in [0.5, 0.6) is 11.5 Å². The van der Waals surface area contributed by atoms with Crippen molar-refractivity contribution in [3.8, 4) is 22.6 Å². The molecule has 0 saturated carbocycles. The molecule has 5 rings (SSSR count). The molecule has 1 aliphatic heterocycles. The van der Waals surface area contributed by atoms with E-state index in [1.54, 1.807) is 52.8 Å². The second kappa shape index (κ2) is 12.8.